The minimum Gasteiger partial charge on any atom is -0.274 e. The number of rotatable bonds is 2. The summed E-state index contributed by atoms with van der Waals surface area (Å²) in [4.78, 5) is 0.249. The molecule has 0 fully saturated rings. The quantitative estimate of drug-likeness (QED) is 0.812. The van der Waals surface area contributed by atoms with Gasteiger partial charge in [-0.1, -0.05) is 0 Å². The van der Waals surface area contributed by atoms with Crippen LogP contribution >= 0.6 is 0 Å². The van der Waals surface area contributed by atoms with Gasteiger partial charge in [0, 0.05) is 25.1 Å². The summed E-state index contributed by atoms with van der Waals surface area (Å²) in [5.74, 6) is 0. The molecular weight excluding hydrogens is 238 g/mol. The third-order valence-corrected chi connectivity index (χ3v) is 4.48. The van der Waals surface area contributed by atoms with Crippen LogP contribution in [0, 0.1) is 20.8 Å². The largest absolute Gasteiger partial charge is 0.274 e. The summed E-state index contributed by atoms with van der Waals surface area (Å²) in [6, 6.07) is 1.84. The molecule has 0 aliphatic rings. The molecule has 6 heteroatoms. The normalized spacial score (nSPS) is 12.0. The van der Waals surface area contributed by atoms with E-state index in [9.17, 15) is 8.42 Å². The Hall–Kier alpha value is -1.56. The summed E-state index contributed by atoms with van der Waals surface area (Å²) in [5.41, 5.74) is 2.14. The van der Waals surface area contributed by atoms with Crippen LogP contribution in [-0.2, 0) is 17.1 Å². The average Bonchev–Trinajstić information content (AvgIpc) is 2.70. The fourth-order valence-corrected chi connectivity index (χ4v) is 3.56. The van der Waals surface area contributed by atoms with E-state index in [1.807, 2.05) is 13.0 Å². The van der Waals surface area contributed by atoms with E-state index in [4.69, 9.17) is 0 Å². The highest BCUT2D eigenvalue weighted by atomic mass is 32.2. The molecule has 0 amide bonds. The maximum absolute atomic E-state index is 12.4. The van der Waals surface area contributed by atoms with Crippen molar-refractivity contribution in [3.63, 3.8) is 0 Å². The number of aromatic nitrogens is 3. The molecule has 0 aliphatic carbocycles. The molecule has 0 N–H and O–H groups in total. The van der Waals surface area contributed by atoms with Crippen LogP contribution in [0.2, 0.25) is 0 Å². The van der Waals surface area contributed by atoms with Gasteiger partial charge in [-0.15, -0.1) is 0 Å². The molecule has 0 bridgehead atoms. The first-order valence-corrected chi connectivity index (χ1v) is 6.68. The summed E-state index contributed by atoms with van der Waals surface area (Å²) in [7, 11) is -1.82. The van der Waals surface area contributed by atoms with Gasteiger partial charge in [-0.3, -0.25) is 4.68 Å². The minimum atomic E-state index is -3.53. The van der Waals surface area contributed by atoms with Crippen LogP contribution in [0.3, 0.4) is 0 Å². The van der Waals surface area contributed by atoms with Crippen LogP contribution < -0.4 is 0 Å². The van der Waals surface area contributed by atoms with Gasteiger partial charge in [-0.25, -0.2) is 12.4 Å². The highest BCUT2D eigenvalue weighted by molar-refractivity contribution is 7.90. The molecule has 2 aromatic heterocycles. The van der Waals surface area contributed by atoms with Crippen LogP contribution in [0.1, 0.15) is 17.0 Å². The summed E-state index contributed by atoms with van der Waals surface area (Å²) in [6.07, 6.45) is 3.15. The first kappa shape index (κ1) is 11.9. The maximum Gasteiger partial charge on any atom is 0.271 e. The average molecular weight is 253 g/mol. The topological polar surface area (TPSA) is 56.9 Å². The van der Waals surface area contributed by atoms with E-state index in [-0.39, 0.29) is 4.90 Å². The molecule has 5 nitrogen and oxygen atoms in total. The molecule has 0 radical (unpaired) electrons. The van der Waals surface area contributed by atoms with Crippen molar-refractivity contribution in [3.8, 4) is 0 Å². The number of nitrogens with zero attached hydrogens (tertiary/aromatic N) is 3. The second kappa shape index (κ2) is 3.73. The molecule has 0 saturated heterocycles. The summed E-state index contributed by atoms with van der Waals surface area (Å²) in [6.45, 7) is 5.34. The van der Waals surface area contributed by atoms with Crippen molar-refractivity contribution in [2.45, 2.75) is 25.7 Å². The third kappa shape index (κ3) is 1.88. The fourth-order valence-electron chi connectivity index (χ4n) is 1.91. The standard InChI is InChI=1S/C11H15N3O2S/c1-8-5-9(2)14(6-8)17(15,16)11-7-13(4)12-10(11)3/h5-7H,1-4H3. The highest BCUT2D eigenvalue weighted by Gasteiger charge is 2.23. The molecule has 0 aliphatic heterocycles. The summed E-state index contributed by atoms with van der Waals surface area (Å²) in [5, 5.41) is 4.06. The van der Waals surface area contributed by atoms with Crippen LogP contribution in [0.15, 0.2) is 23.4 Å². The molecule has 0 spiro atoms. The van der Waals surface area contributed by atoms with E-state index in [0.29, 0.717) is 11.4 Å². The Kier molecular flexibility index (Phi) is 2.61. The van der Waals surface area contributed by atoms with Gasteiger partial charge in [0.2, 0.25) is 0 Å². The molecule has 0 atom stereocenters. The lowest BCUT2D eigenvalue weighted by molar-refractivity contribution is 0.585. The van der Waals surface area contributed by atoms with Crippen molar-refractivity contribution in [3.05, 3.63) is 35.4 Å². The van der Waals surface area contributed by atoms with Gasteiger partial charge in [0.15, 0.2) is 0 Å². The molecular formula is C11H15N3O2S. The van der Waals surface area contributed by atoms with E-state index in [0.717, 1.165) is 5.56 Å². The van der Waals surface area contributed by atoms with Crippen LogP contribution in [0.5, 0.6) is 0 Å². The smallest absolute Gasteiger partial charge is 0.271 e. The van der Waals surface area contributed by atoms with Crippen molar-refractivity contribution < 1.29 is 8.42 Å². The third-order valence-electron chi connectivity index (χ3n) is 2.61. The lowest BCUT2D eigenvalue weighted by atomic mass is 10.4. The Morgan fingerprint density at radius 3 is 2.24 bits per heavy atom. The summed E-state index contributed by atoms with van der Waals surface area (Å²) < 4.78 is 27.6. The van der Waals surface area contributed by atoms with Crippen LogP contribution in [-0.4, -0.2) is 22.2 Å². The van der Waals surface area contributed by atoms with Gasteiger partial charge in [-0.05, 0) is 32.4 Å². The van der Waals surface area contributed by atoms with Gasteiger partial charge >= 0.3 is 0 Å². The fraction of sp³-hybridized carbons (Fsp3) is 0.364. The van der Waals surface area contributed by atoms with Crippen molar-refractivity contribution in [1.82, 2.24) is 13.8 Å². The monoisotopic (exact) mass is 253 g/mol. The molecule has 2 aromatic rings. The zero-order chi connectivity index (χ0) is 12.8. The molecule has 0 aromatic carbocycles. The zero-order valence-electron chi connectivity index (χ0n) is 10.3. The second-order valence-electron chi connectivity index (χ2n) is 4.21. The molecule has 92 valence electrons. The first-order chi connectivity index (χ1) is 7.82. The van der Waals surface area contributed by atoms with E-state index in [2.05, 4.69) is 5.10 Å². The lowest BCUT2D eigenvalue weighted by Crippen LogP contribution is -2.13. The highest BCUT2D eigenvalue weighted by Crippen LogP contribution is 2.20. The Balaban J connectivity index is 2.65. The van der Waals surface area contributed by atoms with Gasteiger partial charge in [0.25, 0.3) is 10.0 Å². The van der Waals surface area contributed by atoms with Crippen molar-refractivity contribution in [2.24, 2.45) is 7.05 Å². The second-order valence-corrected chi connectivity index (χ2v) is 6.00. The van der Waals surface area contributed by atoms with Gasteiger partial charge in [-0.2, -0.15) is 5.10 Å². The van der Waals surface area contributed by atoms with Gasteiger partial charge in [0.1, 0.15) is 4.90 Å². The Labute approximate surface area is 101 Å². The van der Waals surface area contributed by atoms with E-state index >= 15 is 0 Å². The van der Waals surface area contributed by atoms with Crippen molar-refractivity contribution >= 4 is 10.0 Å². The van der Waals surface area contributed by atoms with Gasteiger partial charge < -0.3 is 0 Å². The van der Waals surface area contributed by atoms with Crippen molar-refractivity contribution in [1.29, 1.82) is 0 Å². The molecule has 0 saturated carbocycles. The molecule has 17 heavy (non-hydrogen) atoms. The number of hydrogen-bond donors (Lipinski definition) is 0. The minimum absolute atomic E-state index is 0.249. The maximum atomic E-state index is 12.4. The lowest BCUT2D eigenvalue weighted by Gasteiger charge is -2.06. The number of aryl methyl sites for hydroxylation is 4. The predicted octanol–water partition coefficient (Wildman–Crippen LogP) is 1.38. The predicted molar refractivity (Wildman–Crippen MR) is 64.4 cm³/mol. The van der Waals surface area contributed by atoms with Crippen molar-refractivity contribution in [2.75, 3.05) is 0 Å². The van der Waals surface area contributed by atoms with Crippen LogP contribution in [0.4, 0.5) is 0 Å². The Morgan fingerprint density at radius 2 is 1.82 bits per heavy atom. The summed E-state index contributed by atoms with van der Waals surface area (Å²) >= 11 is 0. The van der Waals surface area contributed by atoms with E-state index in [1.54, 1.807) is 27.1 Å². The van der Waals surface area contributed by atoms with Gasteiger partial charge in [0.05, 0.1) is 5.69 Å². The molecule has 2 rings (SSSR count). The SMILES string of the molecule is Cc1cc(C)n(S(=O)(=O)c2cn(C)nc2C)c1. The van der Waals surface area contributed by atoms with Crippen LogP contribution in [0.25, 0.3) is 0 Å². The zero-order valence-corrected chi connectivity index (χ0v) is 11.1. The van der Waals surface area contributed by atoms with E-state index < -0.39 is 10.0 Å². The first-order valence-electron chi connectivity index (χ1n) is 5.24. The molecule has 2 heterocycles. The van der Waals surface area contributed by atoms with E-state index in [1.165, 1.54) is 14.9 Å². The molecule has 0 unspecified atom stereocenters. The Bertz CT molecular complexity index is 613. The number of hydrogen-bond acceptors (Lipinski definition) is 3. The Morgan fingerprint density at radius 1 is 1.18 bits per heavy atom.